The molecule has 0 saturated heterocycles. The Labute approximate surface area is 156 Å². The quantitative estimate of drug-likeness (QED) is 0.478. The smallest absolute Gasteiger partial charge is 0.289 e. The van der Waals surface area contributed by atoms with E-state index in [1.54, 1.807) is 18.2 Å². The second-order valence-electron chi connectivity index (χ2n) is 6.10. The Morgan fingerprint density at radius 1 is 1.19 bits per heavy atom. The van der Waals surface area contributed by atoms with Gasteiger partial charge in [-0.05, 0) is 60.9 Å². The average molecular weight is 364 g/mol. The number of hydrogen-bond donors (Lipinski definition) is 3. The van der Waals surface area contributed by atoms with E-state index >= 15 is 0 Å². The van der Waals surface area contributed by atoms with Gasteiger partial charge < -0.3 is 9.84 Å². The number of benzene rings is 2. The average Bonchev–Trinajstić information content (AvgIpc) is 3.15. The van der Waals surface area contributed by atoms with Gasteiger partial charge in [-0.15, -0.1) is 0 Å². The van der Waals surface area contributed by atoms with Crippen LogP contribution in [0.5, 0.6) is 11.5 Å². The summed E-state index contributed by atoms with van der Waals surface area (Å²) in [4.78, 5) is 12.2. The number of phenolic OH excluding ortho intramolecular Hbond substituents is 1. The van der Waals surface area contributed by atoms with Gasteiger partial charge >= 0.3 is 0 Å². The first kappa shape index (κ1) is 18.2. The fraction of sp³-hybridized carbons (Fsp3) is 0.150. The summed E-state index contributed by atoms with van der Waals surface area (Å²) in [5.41, 5.74) is 7.41. The number of nitrogens with zero attached hydrogens (tertiary/aromatic N) is 2. The van der Waals surface area contributed by atoms with E-state index in [-0.39, 0.29) is 5.75 Å². The van der Waals surface area contributed by atoms with Crippen LogP contribution in [0.25, 0.3) is 11.3 Å². The minimum Gasteiger partial charge on any atom is -0.504 e. The van der Waals surface area contributed by atoms with Gasteiger partial charge in [0.2, 0.25) is 0 Å². The highest BCUT2D eigenvalue weighted by molar-refractivity contribution is 5.94. The fourth-order valence-electron chi connectivity index (χ4n) is 2.49. The van der Waals surface area contributed by atoms with Crippen molar-refractivity contribution in [2.45, 2.75) is 13.8 Å². The molecular weight excluding hydrogens is 344 g/mol. The Morgan fingerprint density at radius 3 is 2.74 bits per heavy atom. The molecule has 0 spiro atoms. The third kappa shape index (κ3) is 4.14. The van der Waals surface area contributed by atoms with Crippen molar-refractivity contribution in [3.63, 3.8) is 0 Å². The maximum atomic E-state index is 12.2. The molecule has 3 aromatic rings. The lowest BCUT2D eigenvalue weighted by molar-refractivity contribution is 0.0950. The SMILES string of the molecule is COc1cc(/C=N/NC(=O)c2cc(-c3ccc(C)c(C)c3)n[nH]2)ccc1O. The molecule has 0 fully saturated rings. The second-order valence-corrected chi connectivity index (χ2v) is 6.10. The van der Waals surface area contributed by atoms with Crippen molar-refractivity contribution < 1.29 is 14.6 Å². The summed E-state index contributed by atoms with van der Waals surface area (Å²) >= 11 is 0. The van der Waals surface area contributed by atoms with Crippen molar-refractivity contribution in [3.05, 3.63) is 64.8 Å². The molecule has 7 heteroatoms. The van der Waals surface area contributed by atoms with Crippen molar-refractivity contribution >= 4 is 12.1 Å². The van der Waals surface area contributed by atoms with Gasteiger partial charge in [-0.1, -0.05) is 12.1 Å². The van der Waals surface area contributed by atoms with Crippen molar-refractivity contribution in [2.24, 2.45) is 5.10 Å². The van der Waals surface area contributed by atoms with E-state index < -0.39 is 5.91 Å². The van der Waals surface area contributed by atoms with E-state index in [9.17, 15) is 9.90 Å². The molecule has 2 aromatic carbocycles. The number of methoxy groups -OCH3 is 1. The number of aromatic hydroxyl groups is 1. The highest BCUT2D eigenvalue weighted by Crippen LogP contribution is 2.25. The molecule has 3 rings (SSSR count). The maximum Gasteiger partial charge on any atom is 0.289 e. The fourth-order valence-corrected chi connectivity index (χ4v) is 2.49. The van der Waals surface area contributed by atoms with Crippen molar-refractivity contribution in [1.29, 1.82) is 0 Å². The second kappa shape index (κ2) is 7.74. The maximum absolute atomic E-state index is 12.2. The van der Waals surface area contributed by atoms with Gasteiger partial charge in [0.1, 0.15) is 5.69 Å². The molecule has 0 saturated carbocycles. The van der Waals surface area contributed by atoms with Gasteiger partial charge in [0.25, 0.3) is 5.91 Å². The number of nitrogens with one attached hydrogen (secondary N) is 2. The van der Waals surface area contributed by atoms with E-state index in [0.29, 0.717) is 22.7 Å². The van der Waals surface area contributed by atoms with Crippen molar-refractivity contribution in [3.8, 4) is 22.8 Å². The molecule has 1 amide bonds. The molecule has 0 bridgehead atoms. The molecule has 0 atom stereocenters. The van der Waals surface area contributed by atoms with Gasteiger partial charge in [0.05, 0.1) is 19.0 Å². The summed E-state index contributed by atoms with van der Waals surface area (Å²) in [7, 11) is 1.46. The Hall–Kier alpha value is -3.61. The summed E-state index contributed by atoms with van der Waals surface area (Å²) in [6.45, 7) is 4.08. The molecule has 7 nitrogen and oxygen atoms in total. The molecule has 0 aliphatic carbocycles. The number of H-pyrrole nitrogens is 1. The van der Waals surface area contributed by atoms with E-state index in [0.717, 1.165) is 11.1 Å². The summed E-state index contributed by atoms with van der Waals surface area (Å²) < 4.78 is 5.03. The van der Waals surface area contributed by atoms with Crippen LogP contribution in [0, 0.1) is 13.8 Å². The van der Waals surface area contributed by atoms with Crippen molar-refractivity contribution in [2.75, 3.05) is 7.11 Å². The Bertz CT molecular complexity index is 1010. The molecular formula is C20H20N4O3. The minimum absolute atomic E-state index is 0.0371. The first-order valence-corrected chi connectivity index (χ1v) is 8.31. The van der Waals surface area contributed by atoms with Gasteiger partial charge in [0.15, 0.2) is 11.5 Å². The lowest BCUT2D eigenvalue weighted by atomic mass is 10.0. The van der Waals surface area contributed by atoms with Crippen LogP contribution in [0.3, 0.4) is 0 Å². The van der Waals surface area contributed by atoms with E-state index in [2.05, 4.69) is 20.7 Å². The third-order valence-electron chi connectivity index (χ3n) is 4.21. The number of aryl methyl sites for hydroxylation is 2. The molecule has 138 valence electrons. The topological polar surface area (TPSA) is 99.6 Å². The molecule has 0 aliphatic heterocycles. The molecule has 1 heterocycles. The van der Waals surface area contributed by atoms with Gasteiger partial charge in [-0.3, -0.25) is 9.89 Å². The van der Waals surface area contributed by atoms with Crippen LogP contribution in [0.15, 0.2) is 47.6 Å². The zero-order valence-electron chi connectivity index (χ0n) is 15.3. The largest absolute Gasteiger partial charge is 0.504 e. The highest BCUT2D eigenvalue weighted by atomic mass is 16.5. The number of aromatic amines is 1. The van der Waals surface area contributed by atoms with Crippen LogP contribution in [-0.4, -0.2) is 34.5 Å². The number of carbonyl (C=O) groups excluding carboxylic acids is 1. The zero-order valence-corrected chi connectivity index (χ0v) is 15.3. The Balaban J connectivity index is 1.68. The summed E-state index contributed by atoms with van der Waals surface area (Å²) in [6, 6.07) is 12.5. The van der Waals surface area contributed by atoms with Gasteiger partial charge in [-0.2, -0.15) is 10.2 Å². The van der Waals surface area contributed by atoms with E-state index in [4.69, 9.17) is 4.74 Å². The molecule has 27 heavy (non-hydrogen) atoms. The van der Waals surface area contributed by atoms with E-state index in [1.807, 2.05) is 32.0 Å². The van der Waals surface area contributed by atoms with Crippen LogP contribution in [0.4, 0.5) is 0 Å². The van der Waals surface area contributed by atoms with Crippen LogP contribution in [0.1, 0.15) is 27.2 Å². The molecule has 3 N–H and O–H groups in total. The number of carbonyl (C=O) groups is 1. The van der Waals surface area contributed by atoms with Crippen LogP contribution in [0.2, 0.25) is 0 Å². The summed E-state index contributed by atoms with van der Waals surface area (Å²) in [6.07, 6.45) is 1.46. The number of amides is 1. The number of aromatic nitrogens is 2. The predicted octanol–water partition coefficient (Wildman–Crippen LogP) is 3.17. The van der Waals surface area contributed by atoms with E-state index in [1.165, 1.54) is 25.0 Å². The summed E-state index contributed by atoms with van der Waals surface area (Å²) in [5, 5.41) is 20.4. The number of rotatable bonds is 5. The van der Waals surface area contributed by atoms with Gasteiger partial charge in [-0.25, -0.2) is 5.43 Å². The predicted molar refractivity (Wildman–Crippen MR) is 103 cm³/mol. The Morgan fingerprint density at radius 2 is 2.00 bits per heavy atom. The van der Waals surface area contributed by atoms with Crippen LogP contribution < -0.4 is 10.2 Å². The minimum atomic E-state index is -0.403. The summed E-state index contributed by atoms with van der Waals surface area (Å²) in [5.74, 6) is -0.0357. The highest BCUT2D eigenvalue weighted by Gasteiger charge is 2.11. The lowest BCUT2D eigenvalue weighted by Gasteiger charge is -2.03. The first-order valence-electron chi connectivity index (χ1n) is 8.31. The molecule has 1 aromatic heterocycles. The van der Waals surface area contributed by atoms with Crippen LogP contribution >= 0.6 is 0 Å². The monoisotopic (exact) mass is 364 g/mol. The normalized spacial score (nSPS) is 10.9. The molecule has 0 aliphatic rings. The van der Waals surface area contributed by atoms with Gasteiger partial charge in [0, 0.05) is 5.56 Å². The lowest BCUT2D eigenvalue weighted by Crippen LogP contribution is -2.18. The number of hydrazone groups is 1. The number of phenols is 1. The first-order chi connectivity index (χ1) is 13.0. The van der Waals surface area contributed by atoms with Crippen molar-refractivity contribution in [1.82, 2.24) is 15.6 Å². The number of hydrogen-bond acceptors (Lipinski definition) is 5. The number of ether oxygens (including phenoxy) is 1. The molecule has 0 unspecified atom stereocenters. The van der Waals surface area contributed by atoms with Crippen LogP contribution in [-0.2, 0) is 0 Å². The standard InChI is InChI=1S/C20H20N4O3/c1-12-4-6-15(8-13(12)2)16-10-17(23-22-16)20(26)24-21-11-14-5-7-18(25)19(9-14)27-3/h4-11,25H,1-3H3,(H,22,23)(H,24,26)/b21-11+. The molecule has 0 radical (unpaired) electrons. The Kier molecular flexibility index (Phi) is 5.21. The zero-order chi connectivity index (χ0) is 19.4. The third-order valence-corrected chi connectivity index (χ3v) is 4.21.